The molecule has 0 saturated carbocycles. The Morgan fingerprint density at radius 2 is 1.75 bits per heavy atom. The highest BCUT2D eigenvalue weighted by Gasteiger charge is 2.26. The van der Waals surface area contributed by atoms with Gasteiger partial charge < -0.3 is 47.5 Å². The van der Waals surface area contributed by atoms with Crippen molar-refractivity contribution < 1.29 is 47.2 Å². The van der Waals surface area contributed by atoms with E-state index in [0.29, 0.717) is 0 Å². The third-order valence-corrected chi connectivity index (χ3v) is 5.53. The molecule has 0 saturated heterocycles. The van der Waals surface area contributed by atoms with E-state index in [1.165, 1.54) is 0 Å². The molecule has 2 heterocycles. The van der Waals surface area contributed by atoms with Gasteiger partial charge in [-0.2, -0.15) is 4.57 Å². The van der Waals surface area contributed by atoms with Crippen LogP contribution in [-0.2, 0) is 6.54 Å². The molecule has 1 aliphatic rings. The van der Waals surface area contributed by atoms with Crippen molar-refractivity contribution in [3.05, 3.63) is 59.8 Å². The summed E-state index contributed by atoms with van der Waals surface area (Å²) in [6, 6.07) is 11.7. The number of ether oxygens (including phenoxy) is 3. The molecule has 1 aliphatic heterocycles. The number of anilines is 1. The topological polar surface area (TPSA) is 48.0 Å². The van der Waals surface area contributed by atoms with E-state index in [-0.39, 0.29) is 24.0 Å². The van der Waals surface area contributed by atoms with Crippen LogP contribution in [0.25, 0.3) is 17.2 Å². The fraction of sp³-hybridized carbons (Fsp3) is 0.320. The molecule has 2 aromatic carbocycles. The summed E-state index contributed by atoms with van der Waals surface area (Å²) in [4.78, 5) is 2.15. The number of allylic oxidation sites excluding steroid dienone is 2. The molecule has 0 radical (unpaired) electrons. The van der Waals surface area contributed by atoms with E-state index in [0.717, 1.165) is 70.9 Å². The Hall–Kier alpha value is -2.68. The van der Waals surface area contributed by atoms with Crippen LogP contribution in [0.5, 0.6) is 17.2 Å². The second kappa shape index (κ2) is 10.3. The first-order valence-electron chi connectivity index (χ1n) is 10.7. The van der Waals surface area contributed by atoms with Crippen molar-refractivity contribution in [3.8, 4) is 17.2 Å². The molecule has 0 bridgehead atoms. The minimum atomic E-state index is 0. The molecule has 4 rings (SSSR count). The zero-order valence-corrected chi connectivity index (χ0v) is 21.3. The number of rotatable bonds is 7. The molecule has 0 aliphatic carbocycles. The standard InChI is InChI=1S/C25H29N2O4.HI/c1-6-17(13-24-26(7-2)20-15-18(28-4)9-11-22(20)30-24)14-25-27(8-3)21-16-19(29-5)10-12-23(21)31-25;/h9-16H,6-8H2,1-5H3;1H/q+1;/p-1. The maximum absolute atomic E-state index is 6.16. The van der Waals surface area contributed by atoms with E-state index in [1.54, 1.807) is 14.2 Å². The number of benzene rings is 2. The fourth-order valence-electron chi connectivity index (χ4n) is 3.85. The van der Waals surface area contributed by atoms with E-state index in [1.807, 2.05) is 36.4 Å². The number of fused-ring (bicyclic) bond motifs is 2. The number of oxazole rings is 1. The van der Waals surface area contributed by atoms with Gasteiger partial charge in [0, 0.05) is 18.7 Å². The Balaban J connectivity index is 0.00000289. The maximum Gasteiger partial charge on any atom is 0.374 e. The second-order valence-corrected chi connectivity index (χ2v) is 7.25. The van der Waals surface area contributed by atoms with Crippen LogP contribution in [0.2, 0.25) is 0 Å². The number of hydrogen-bond acceptors (Lipinski definition) is 5. The van der Waals surface area contributed by atoms with Gasteiger partial charge in [-0.25, -0.2) is 0 Å². The second-order valence-electron chi connectivity index (χ2n) is 7.25. The van der Waals surface area contributed by atoms with Crippen LogP contribution in [0.15, 0.2) is 58.3 Å². The van der Waals surface area contributed by atoms with Crippen molar-refractivity contribution in [2.24, 2.45) is 0 Å². The number of hydrogen-bond donors (Lipinski definition) is 0. The molecular weight excluding hydrogens is 519 g/mol. The van der Waals surface area contributed by atoms with Gasteiger partial charge in [-0.3, -0.25) is 0 Å². The van der Waals surface area contributed by atoms with Crippen molar-refractivity contribution >= 4 is 22.9 Å². The van der Waals surface area contributed by atoms with Gasteiger partial charge >= 0.3 is 5.89 Å². The summed E-state index contributed by atoms with van der Waals surface area (Å²) in [6.07, 6.45) is 5.02. The van der Waals surface area contributed by atoms with Crippen molar-refractivity contribution in [1.29, 1.82) is 0 Å². The largest absolute Gasteiger partial charge is 1.00 e. The molecule has 170 valence electrons. The highest BCUT2D eigenvalue weighted by atomic mass is 127. The van der Waals surface area contributed by atoms with Crippen LogP contribution in [-0.4, -0.2) is 20.8 Å². The van der Waals surface area contributed by atoms with Gasteiger partial charge in [0.1, 0.15) is 18.0 Å². The third-order valence-electron chi connectivity index (χ3n) is 5.53. The molecular formula is C25H29IN2O4. The van der Waals surface area contributed by atoms with Crippen LogP contribution in [0, 0.1) is 0 Å². The summed E-state index contributed by atoms with van der Waals surface area (Å²) in [5, 5.41) is 0. The number of methoxy groups -OCH3 is 2. The molecule has 0 atom stereocenters. The summed E-state index contributed by atoms with van der Waals surface area (Å²) in [7, 11) is 3.35. The Labute approximate surface area is 206 Å². The zero-order chi connectivity index (χ0) is 22.0. The lowest BCUT2D eigenvalue weighted by atomic mass is 10.2. The zero-order valence-electron chi connectivity index (χ0n) is 19.1. The van der Waals surface area contributed by atoms with Crippen molar-refractivity contribution in [1.82, 2.24) is 0 Å². The summed E-state index contributed by atoms with van der Waals surface area (Å²) in [6.45, 7) is 7.94. The SMILES string of the molecule is CCC(=C/c1oc2ccc(OC)cc2[n+]1CC)/C=C1\Oc2ccc(OC)cc2N1CC.[I-]. The van der Waals surface area contributed by atoms with Gasteiger partial charge in [-0.05, 0) is 50.1 Å². The fourth-order valence-corrected chi connectivity index (χ4v) is 3.85. The van der Waals surface area contributed by atoms with Gasteiger partial charge in [0.15, 0.2) is 5.75 Å². The van der Waals surface area contributed by atoms with Crippen LogP contribution in [0.3, 0.4) is 0 Å². The highest BCUT2D eigenvalue weighted by Crippen LogP contribution is 2.41. The molecule has 0 N–H and O–H groups in total. The lowest BCUT2D eigenvalue weighted by Gasteiger charge is -2.16. The van der Waals surface area contributed by atoms with Crippen molar-refractivity contribution in [2.45, 2.75) is 33.7 Å². The van der Waals surface area contributed by atoms with Gasteiger partial charge in [0.05, 0.1) is 32.0 Å². The van der Waals surface area contributed by atoms with E-state index >= 15 is 0 Å². The lowest BCUT2D eigenvalue weighted by molar-refractivity contribution is -0.674. The number of nitrogens with zero attached hydrogens (tertiary/aromatic N) is 2. The normalized spacial score (nSPS) is 14.3. The number of aryl methyl sites for hydroxylation is 1. The Kier molecular flexibility index (Phi) is 7.71. The summed E-state index contributed by atoms with van der Waals surface area (Å²) in [5.74, 6) is 4.08. The van der Waals surface area contributed by atoms with E-state index < -0.39 is 0 Å². The van der Waals surface area contributed by atoms with Crippen LogP contribution in [0.4, 0.5) is 5.69 Å². The molecule has 0 spiro atoms. The van der Waals surface area contributed by atoms with Gasteiger partial charge in [-0.1, -0.05) is 6.92 Å². The van der Waals surface area contributed by atoms with E-state index in [9.17, 15) is 0 Å². The van der Waals surface area contributed by atoms with Crippen LogP contribution >= 0.6 is 0 Å². The predicted octanol–water partition coefficient (Wildman–Crippen LogP) is 2.32. The summed E-state index contributed by atoms with van der Waals surface area (Å²) in [5.41, 5.74) is 3.98. The van der Waals surface area contributed by atoms with Crippen LogP contribution in [0.1, 0.15) is 33.1 Å². The molecule has 3 aromatic rings. The van der Waals surface area contributed by atoms with Crippen LogP contribution < -0.4 is 47.7 Å². The molecule has 0 unspecified atom stereocenters. The molecule has 6 nitrogen and oxygen atoms in total. The first-order valence-corrected chi connectivity index (χ1v) is 10.7. The predicted molar refractivity (Wildman–Crippen MR) is 122 cm³/mol. The van der Waals surface area contributed by atoms with Gasteiger partial charge in [0.25, 0.3) is 5.52 Å². The number of halogens is 1. The minimum absolute atomic E-state index is 0. The third kappa shape index (κ3) is 4.44. The Bertz CT molecular complexity index is 1170. The van der Waals surface area contributed by atoms with Crippen molar-refractivity contribution in [3.63, 3.8) is 0 Å². The molecule has 7 heteroatoms. The first-order chi connectivity index (χ1) is 15.1. The summed E-state index contributed by atoms with van der Waals surface area (Å²) < 4.78 is 25.2. The summed E-state index contributed by atoms with van der Waals surface area (Å²) >= 11 is 0. The van der Waals surface area contributed by atoms with Gasteiger partial charge in [-0.15, -0.1) is 0 Å². The quantitative estimate of drug-likeness (QED) is 0.335. The molecule has 0 amide bonds. The first kappa shape index (κ1) is 24.0. The highest BCUT2D eigenvalue weighted by molar-refractivity contribution is 5.72. The Morgan fingerprint density at radius 1 is 1.03 bits per heavy atom. The smallest absolute Gasteiger partial charge is 0.374 e. The molecule has 32 heavy (non-hydrogen) atoms. The van der Waals surface area contributed by atoms with Crippen molar-refractivity contribution in [2.75, 3.05) is 25.7 Å². The Morgan fingerprint density at radius 3 is 2.41 bits per heavy atom. The molecule has 0 fully saturated rings. The monoisotopic (exact) mass is 548 g/mol. The molecule has 1 aromatic heterocycles. The average Bonchev–Trinajstić information content (AvgIpc) is 3.33. The van der Waals surface area contributed by atoms with E-state index in [4.69, 9.17) is 18.6 Å². The maximum atomic E-state index is 6.16. The minimum Gasteiger partial charge on any atom is -1.00 e. The number of aromatic nitrogens is 1. The average molecular weight is 548 g/mol. The van der Waals surface area contributed by atoms with Gasteiger partial charge in [0.2, 0.25) is 11.5 Å². The van der Waals surface area contributed by atoms with E-state index in [2.05, 4.69) is 42.4 Å². The lowest BCUT2D eigenvalue weighted by Crippen LogP contribution is -3.00.